The third kappa shape index (κ3) is 6.50. The summed E-state index contributed by atoms with van der Waals surface area (Å²) in [5.41, 5.74) is 2.37. The molecule has 0 saturated carbocycles. The van der Waals surface area contributed by atoms with Crippen molar-refractivity contribution in [3.63, 3.8) is 0 Å². The van der Waals surface area contributed by atoms with E-state index in [4.69, 9.17) is 18.9 Å². The van der Waals surface area contributed by atoms with Crippen LogP contribution in [0.5, 0.6) is 17.2 Å². The van der Waals surface area contributed by atoms with Crippen molar-refractivity contribution < 1.29 is 28.5 Å². The molecule has 44 heavy (non-hydrogen) atoms. The molecule has 4 aromatic rings. The van der Waals surface area contributed by atoms with Crippen LogP contribution in [0.15, 0.2) is 93.9 Å². The summed E-state index contributed by atoms with van der Waals surface area (Å²) < 4.78 is 23.8. The van der Waals surface area contributed by atoms with Crippen molar-refractivity contribution in [3.05, 3.63) is 120 Å². The molecule has 5 rings (SSSR count). The number of carbonyl (C=O) groups is 2. The molecule has 0 spiro atoms. The van der Waals surface area contributed by atoms with Crippen molar-refractivity contribution >= 4 is 29.4 Å². The summed E-state index contributed by atoms with van der Waals surface area (Å²) in [6.07, 6.45) is 1.75. The lowest BCUT2D eigenvalue weighted by atomic mass is 9.96. The van der Waals surface area contributed by atoms with Crippen LogP contribution in [-0.4, -0.2) is 36.3 Å². The minimum Gasteiger partial charge on any atom is -0.497 e. The van der Waals surface area contributed by atoms with Crippen molar-refractivity contribution in [1.82, 2.24) is 4.57 Å². The molecule has 0 bridgehead atoms. The third-order valence-corrected chi connectivity index (χ3v) is 7.78. The summed E-state index contributed by atoms with van der Waals surface area (Å²) in [5.74, 6) is 0.682. The van der Waals surface area contributed by atoms with Crippen molar-refractivity contribution in [3.8, 4) is 17.2 Å². The summed E-state index contributed by atoms with van der Waals surface area (Å²) in [6, 6.07) is 20.1. The Kier molecular flexibility index (Phi) is 9.10. The van der Waals surface area contributed by atoms with Crippen molar-refractivity contribution in [1.29, 1.82) is 0 Å². The molecule has 0 fully saturated rings. The Hall–Kier alpha value is -4.96. The van der Waals surface area contributed by atoms with Gasteiger partial charge in [0.15, 0.2) is 4.80 Å². The van der Waals surface area contributed by atoms with Crippen LogP contribution in [-0.2, 0) is 9.53 Å². The fourth-order valence-electron chi connectivity index (χ4n) is 4.78. The van der Waals surface area contributed by atoms with Crippen LogP contribution in [0, 0.1) is 0 Å². The van der Waals surface area contributed by atoms with Crippen LogP contribution in [0.25, 0.3) is 6.08 Å². The van der Waals surface area contributed by atoms with Crippen LogP contribution in [0.4, 0.5) is 0 Å². The van der Waals surface area contributed by atoms with Crippen molar-refractivity contribution in [2.75, 3.05) is 13.7 Å². The molecule has 0 aliphatic carbocycles. The molecule has 1 atom stereocenters. The number of carbonyl (C=O) groups excluding carboxylic acids is 2. The fraction of sp³-hybridized carbons (Fsp3) is 0.235. The number of benzene rings is 3. The number of aromatic nitrogens is 1. The van der Waals surface area contributed by atoms with Gasteiger partial charge < -0.3 is 18.9 Å². The van der Waals surface area contributed by atoms with E-state index in [-0.39, 0.29) is 18.3 Å². The van der Waals surface area contributed by atoms with Gasteiger partial charge in [-0.1, -0.05) is 35.6 Å². The van der Waals surface area contributed by atoms with Crippen LogP contribution in [0.3, 0.4) is 0 Å². The van der Waals surface area contributed by atoms with Gasteiger partial charge in [0.25, 0.3) is 5.56 Å². The van der Waals surface area contributed by atoms with Gasteiger partial charge in [-0.25, -0.2) is 14.6 Å². The van der Waals surface area contributed by atoms with Crippen LogP contribution < -0.4 is 29.1 Å². The number of methoxy groups -OCH3 is 1. The Balaban J connectivity index is 1.47. The molecule has 2 heterocycles. The van der Waals surface area contributed by atoms with Crippen LogP contribution in [0.2, 0.25) is 0 Å². The standard InChI is InChI=1S/C34H32N2O7S/c1-6-41-33(39)29-21(4)35-34-36(30(29)23-9-17-26(18-10-23)42-20(2)3)31(37)28(44-34)19-22-7-13-27(14-8-22)43-32(38)24-11-15-25(40-5)16-12-24/h7-20,30H,6H2,1-5H3/b28-19-/t30-/m1/s1. The third-order valence-electron chi connectivity index (χ3n) is 6.80. The lowest BCUT2D eigenvalue weighted by Crippen LogP contribution is -2.39. The highest BCUT2D eigenvalue weighted by Gasteiger charge is 2.33. The maximum atomic E-state index is 13.9. The Bertz CT molecular complexity index is 1890. The zero-order chi connectivity index (χ0) is 31.4. The van der Waals surface area contributed by atoms with E-state index in [1.165, 1.54) is 11.3 Å². The Labute approximate surface area is 258 Å². The van der Waals surface area contributed by atoms with Gasteiger partial charge in [-0.05, 0) is 93.4 Å². The minimum atomic E-state index is -0.722. The molecular weight excluding hydrogens is 580 g/mol. The highest BCUT2D eigenvalue weighted by atomic mass is 32.1. The summed E-state index contributed by atoms with van der Waals surface area (Å²) in [6.45, 7) is 7.57. The summed E-state index contributed by atoms with van der Waals surface area (Å²) >= 11 is 1.23. The number of ether oxygens (including phenoxy) is 4. The minimum absolute atomic E-state index is 0.00496. The molecular formula is C34H32N2O7S. The van der Waals surface area contributed by atoms with Gasteiger partial charge in [-0.2, -0.15) is 0 Å². The van der Waals surface area contributed by atoms with E-state index in [1.807, 2.05) is 38.1 Å². The highest BCUT2D eigenvalue weighted by Crippen LogP contribution is 2.32. The van der Waals surface area contributed by atoms with E-state index < -0.39 is 18.0 Å². The van der Waals surface area contributed by atoms with E-state index >= 15 is 0 Å². The molecule has 0 radical (unpaired) electrons. The quantitative estimate of drug-likeness (QED) is 0.197. The van der Waals surface area contributed by atoms with Gasteiger partial charge in [-0.15, -0.1) is 0 Å². The zero-order valence-electron chi connectivity index (χ0n) is 25.0. The second-order valence-electron chi connectivity index (χ2n) is 10.2. The second kappa shape index (κ2) is 13.1. The van der Waals surface area contributed by atoms with Crippen LogP contribution in [0.1, 0.15) is 55.2 Å². The number of esters is 2. The van der Waals surface area contributed by atoms with Crippen molar-refractivity contribution in [2.24, 2.45) is 4.99 Å². The van der Waals surface area contributed by atoms with Crippen LogP contribution >= 0.6 is 11.3 Å². The van der Waals surface area contributed by atoms with E-state index in [2.05, 4.69) is 4.99 Å². The zero-order valence-corrected chi connectivity index (χ0v) is 25.8. The number of hydrogen-bond acceptors (Lipinski definition) is 9. The molecule has 226 valence electrons. The average Bonchev–Trinajstić information content (AvgIpc) is 3.31. The largest absolute Gasteiger partial charge is 0.497 e. The molecule has 0 amide bonds. The molecule has 10 heteroatoms. The van der Waals surface area contributed by atoms with E-state index in [9.17, 15) is 14.4 Å². The maximum absolute atomic E-state index is 13.9. The molecule has 0 N–H and O–H groups in total. The number of nitrogens with zero attached hydrogens (tertiary/aromatic N) is 2. The van der Waals surface area contributed by atoms with Gasteiger partial charge >= 0.3 is 11.9 Å². The number of allylic oxidation sites excluding steroid dienone is 1. The summed E-state index contributed by atoms with van der Waals surface area (Å²) in [5, 5.41) is 0. The molecule has 1 aliphatic heterocycles. The first-order valence-electron chi connectivity index (χ1n) is 14.1. The maximum Gasteiger partial charge on any atom is 0.343 e. The van der Waals surface area contributed by atoms with Gasteiger partial charge in [0.1, 0.15) is 17.2 Å². The van der Waals surface area contributed by atoms with E-state index in [1.54, 1.807) is 80.1 Å². The second-order valence-corrected chi connectivity index (χ2v) is 11.2. The predicted octanol–water partition coefficient (Wildman–Crippen LogP) is 4.81. The highest BCUT2D eigenvalue weighted by molar-refractivity contribution is 7.07. The summed E-state index contributed by atoms with van der Waals surface area (Å²) in [7, 11) is 1.56. The first-order chi connectivity index (χ1) is 21.2. The number of hydrogen-bond donors (Lipinski definition) is 0. The molecule has 0 unspecified atom stereocenters. The lowest BCUT2D eigenvalue weighted by Gasteiger charge is -2.25. The molecule has 9 nitrogen and oxygen atoms in total. The van der Waals surface area contributed by atoms with Crippen molar-refractivity contribution in [2.45, 2.75) is 39.8 Å². The average molecular weight is 613 g/mol. The number of rotatable bonds is 9. The van der Waals surface area contributed by atoms with Gasteiger partial charge in [0.05, 0.1) is 47.2 Å². The fourth-order valence-corrected chi connectivity index (χ4v) is 5.83. The van der Waals surface area contributed by atoms with Gasteiger partial charge in [0.2, 0.25) is 0 Å². The van der Waals surface area contributed by atoms with Gasteiger partial charge in [0, 0.05) is 0 Å². The van der Waals surface area contributed by atoms with Gasteiger partial charge in [-0.3, -0.25) is 9.36 Å². The molecule has 0 saturated heterocycles. The topological polar surface area (TPSA) is 105 Å². The normalized spacial score (nSPS) is 14.6. The Morgan fingerprint density at radius 3 is 2.18 bits per heavy atom. The Morgan fingerprint density at radius 2 is 1.57 bits per heavy atom. The Morgan fingerprint density at radius 1 is 0.932 bits per heavy atom. The van der Waals surface area contributed by atoms with E-state index in [0.717, 1.165) is 11.1 Å². The molecule has 1 aliphatic rings. The first-order valence-corrected chi connectivity index (χ1v) is 14.9. The predicted molar refractivity (Wildman–Crippen MR) is 167 cm³/mol. The van der Waals surface area contributed by atoms with E-state index in [0.29, 0.717) is 43.4 Å². The molecule has 3 aromatic carbocycles. The SMILES string of the molecule is CCOC(=O)C1=C(C)N=c2s/c(=C\c3ccc(OC(=O)c4ccc(OC)cc4)cc3)c(=O)n2[C@@H]1c1ccc(OC(C)C)cc1. The monoisotopic (exact) mass is 612 g/mol. The summed E-state index contributed by atoms with van der Waals surface area (Å²) in [4.78, 5) is 44.6. The molecule has 1 aromatic heterocycles. The lowest BCUT2D eigenvalue weighted by molar-refractivity contribution is -0.139. The number of fused-ring (bicyclic) bond motifs is 1. The first kappa shape index (κ1) is 30.5. The smallest absolute Gasteiger partial charge is 0.343 e. The number of thiazole rings is 1.